The van der Waals surface area contributed by atoms with Gasteiger partial charge in [-0.1, -0.05) is 29.9 Å². The molecule has 0 radical (unpaired) electrons. The molecule has 0 atom stereocenters. The first-order chi connectivity index (χ1) is 10.6. The molecule has 0 bridgehead atoms. The number of hydrogen-bond donors (Lipinski definition) is 0. The van der Waals surface area contributed by atoms with Crippen LogP contribution in [0.2, 0.25) is 5.02 Å². The number of carbonyl (C=O) groups excluding carboxylic acids is 1. The Morgan fingerprint density at radius 3 is 2.64 bits per heavy atom. The summed E-state index contributed by atoms with van der Waals surface area (Å²) < 4.78 is 11.8. The van der Waals surface area contributed by atoms with Gasteiger partial charge in [-0.15, -0.1) is 0 Å². The molecule has 0 aliphatic heterocycles. The first-order valence-electron chi connectivity index (χ1n) is 6.69. The molecular formula is C16H12ClNO3S. The quantitative estimate of drug-likeness (QED) is 0.494. The minimum atomic E-state index is -0.267. The smallest absolute Gasteiger partial charge is 0.310 e. The molecule has 0 aliphatic carbocycles. The number of carbonyl (C=O) groups is 1. The lowest BCUT2D eigenvalue weighted by Gasteiger charge is -2.04. The minimum Gasteiger partial charge on any atom is -0.431 e. The average Bonchev–Trinajstić information content (AvgIpc) is 2.90. The summed E-state index contributed by atoms with van der Waals surface area (Å²) in [4.78, 5) is 15.6. The first kappa shape index (κ1) is 14.8. The second kappa shape index (κ2) is 6.34. The molecule has 6 heteroatoms. The molecule has 0 saturated carbocycles. The van der Waals surface area contributed by atoms with E-state index in [0.717, 1.165) is 10.2 Å². The fourth-order valence-corrected chi connectivity index (χ4v) is 2.91. The molecule has 22 heavy (non-hydrogen) atoms. The number of rotatable bonds is 4. The van der Waals surface area contributed by atoms with Crippen LogP contribution in [0.4, 0.5) is 0 Å². The third kappa shape index (κ3) is 3.37. The van der Waals surface area contributed by atoms with Crippen LogP contribution in [0.1, 0.15) is 13.3 Å². The van der Waals surface area contributed by atoms with Gasteiger partial charge in [-0.05, 0) is 42.5 Å². The van der Waals surface area contributed by atoms with Crippen LogP contribution in [0.5, 0.6) is 16.7 Å². The maximum absolute atomic E-state index is 11.2. The summed E-state index contributed by atoms with van der Waals surface area (Å²) in [6.07, 6.45) is 0.340. The lowest BCUT2D eigenvalue weighted by atomic mass is 10.3. The lowest BCUT2D eigenvalue weighted by Crippen LogP contribution is -2.05. The SMILES string of the molecule is CCC(=O)Oc1ccc(Oc2nc3ccc(Cl)cc3s2)cc1. The van der Waals surface area contributed by atoms with E-state index in [2.05, 4.69) is 4.98 Å². The van der Waals surface area contributed by atoms with Gasteiger partial charge in [0.05, 0.1) is 10.2 Å². The molecule has 0 amide bonds. The molecule has 0 unspecified atom stereocenters. The van der Waals surface area contributed by atoms with Crippen molar-refractivity contribution in [3.63, 3.8) is 0 Å². The summed E-state index contributed by atoms with van der Waals surface area (Å²) in [6, 6.07) is 12.3. The Bertz CT molecular complexity index is 814. The van der Waals surface area contributed by atoms with Crippen molar-refractivity contribution in [2.24, 2.45) is 0 Å². The Balaban J connectivity index is 1.75. The molecule has 0 fully saturated rings. The van der Waals surface area contributed by atoms with Crippen molar-refractivity contribution >= 4 is 39.1 Å². The predicted molar refractivity (Wildman–Crippen MR) is 87.1 cm³/mol. The van der Waals surface area contributed by atoms with Gasteiger partial charge in [0.2, 0.25) is 0 Å². The predicted octanol–water partition coefficient (Wildman–Crippen LogP) is 5.06. The number of halogens is 1. The molecule has 0 N–H and O–H groups in total. The fourth-order valence-electron chi connectivity index (χ4n) is 1.80. The van der Waals surface area contributed by atoms with Gasteiger partial charge in [-0.3, -0.25) is 4.79 Å². The molecular weight excluding hydrogens is 322 g/mol. The van der Waals surface area contributed by atoms with E-state index in [9.17, 15) is 4.79 Å². The van der Waals surface area contributed by atoms with Gasteiger partial charge in [0.25, 0.3) is 5.19 Å². The zero-order chi connectivity index (χ0) is 15.5. The van der Waals surface area contributed by atoms with Crippen LogP contribution in [0, 0.1) is 0 Å². The van der Waals surface area contributed by atoms with Gasteiger partial charge in [0, 0.05) is 11.4 Å². The Kier molecular flexibility index (Phi) is 4.27. The molecule has 4 nitrogen and oxygen atoms in total. The van der Waals surface area contributed by atoms with Crippen LogP contribution in [0.15, 0.2) is 42.5 Å². The van der Waals surface area contributed by atoms with E-state index in [1.54, 1.807) is 37.3 Å². The maximum Gasteiger partial charge on any atom is 0.310 e. The summed E-state index contributed by atoms with van der Waals surface area (Å²) >= 11 is 7.38. The van der Waals surface area contributed by atoms with Crippen molar-refractivity contribution in [2.45, 2.75) is 13.3 Å². The number of ether oxygens (including phenoxy) is 2. The molecule has 3 aromatic rings. The Hall–Kier alpha value is -2.11. The highest BCUT2D eigenvalue weighted by molar-refractivity contribution is 7.20. The second-order valence-corrected chi connectivity index (χ2v) is 5.92. The van der Waals surface area contributed by atoms with Gasteiger partial charge >= 0.3 is 5.97 Å². The molecule has 0 aliphatic rings. The number of nitrogens with zero attached hydrogens (tertiary/aromatic N) is 1. The van der Waals surface area contributed by atoms with E-state index < -0.39 is 0 Å². The molecule has 1 aromatic heterocycles. The van der Waals surface area contributed by atoms with Gasteiger partial charge in [0.1, 0.15) is 11.5 Å². The number of benzene rings is 2. The first-order valence-corrected chi connectivity index (χ1v) is 7.88. The number of esters is 1. The van der Waals surface area contributed by atoms with Crippen LogP contribution in [0.25, 0.3) is 10.2 Å². The van der Waals surface area contributed by atoms with E-state index in [1.165, 1.54) is 11.3 Å². The molecule has 2 aromatic carbocycles. The topological polar surface area (TPSA) is 48.4 Å². The Morgan fingerprint density at radius 1 is 1.18 bits per heavy atom. The van der Waals surface area contributed by atoms with E-state index in [0.29, 0.717) is 28.1 Å². The third-order valence-electron chi connectivity index (χ3n) is 2.88. The Labute approximate surface area is 136 Å². The van der Waals surface area contributed by atoms with Crippen molar-refractivity contribution in [3.05, 3.63) is 47.5 Å². The summed E-state index contributed by atoms with van der Waals surface area (Å²) in [6.45, 7) is 1.75. The average molecular weight is 334 g/mol. The zero-order valence-corrected chi connectivity index (χ0v) is 13.3. The summed E-state index contributed by atoms with van der Waals surface area (Å²) in [5, 5.41) is 1.21. The number of aromatic nitrogens is 1. The largest absolute Gasteiger partial charge is 0.431 e. The minimum absolute atomic E-state index is 0.267. The van der Waals surface area contributed by atoms with Gasteiger partial charge < -0.3 is 9.47 Å². The van der Waals surface area contributed by atoms with Crippen molar-refractivity contribution in [3.8, 4) is 16.7 Å². The Morgan fingerprint density at radius 2 is 1.91 bits per heavy atom. The van der Waals surface area contributed by atoms with Crippen LogP contribution >= 0.6 is 22.9 Å². The molecule has 1 heterocycles. The van der Waals surface area contributed by atoms with Crippen LogP contribution in [-0.2, 0) is 4.79 Å². The van der Waals surface area contributed by atoms with Crippen molar-refractivity contribution in [1.29, 1.82) is 0 Å². The second-order valence-electron chi connectivity index (χ2n) is 4.49. The standard InChI is InChI=1S/C16H12ClNO3S/c1-2-15(19)20-11-4-6-12(7-5-11)21-16-18-13-8-3-10(17)9-14(13)22-16/h3-9H,2H2,1H3. The van der Waals surface area contributed by atoms with Crippen molar-refractivity contribution < 1.29 is 14.3 Å². The number of hydrogen-bond acceptors (Lipinski definition) is 5. The highest BCUT2D eigenvalue weighted by atomic mass is 35.5. The number of thiazole rings is 1. The summed E-state index contributed by atoms with van der Waals surface area (Å²) in [7, 11) is 0. The molecule has 3 rings (SSSR count). The zero-order valence-electron chi connectivity index (χ0n) is 11.7. The third-order valence-corrected chi connectivity index (χ3v) is 4.01. The monoisotopic (exact) mass is 333 g/mol. The maximum atomic E-state index is 11.2. The molecule has 112 valence electrons. The van der Waals surface area contributed by atoms with Crippen LogP contribution in [-0.4, -0.2) is 11.0 Å². The van der Waals surface area contributed by atoms with E-state index in [1.807, 2.05) is 12.1 Å². The van der Waals surface area contributed by atoms with Gasteiger partial charge in [-0.2, -0.15) is 0 Å². The van der Waals surface area contributed by atoms with Crippen molar-refractivity contribution in [2.75, 3.05) is 0 Å². The van der Waals surface area contributed by atoms with Crippen LogP contribution < -0.4 is 9.47 Å². The van der Waals surface area contributed by atoms with E-state index in [-0.39, 0.29) is 5.97 Å². The summed E-state index contributed by atoms with van der Waals surface area (Å²) in [5.74, 6) is 0.855. The van der Waals surface area contributed by atoms with Gasteiger partial charge in [-0.25, -0.2) is 4.98 Å². The highest BCUT2D eigenvalue weighted by Crippen LogP contribution is 2.33. The van der Waals surface area contributed by atoms with Crippen molar-refractivity contribution in [1.82, 2.24) is 4.98 Å². The normalized spacial score (nSPS) is 10.6. The fraction of sp³-hybridized carbons (Fsp3) is 0.125. The summed E-state index contributed by atoms with van der Waals surface area (Å²) in [5.41, 5.74) is 0.845. The van der Waals surface area contributed by atoms with E-state index >= 15 is 0 Å². The van der Waals surface area contributed by atoms with E-state index in [4.69, 9.17) is 21.1 Å². The number of fused-ring (bicyclic) bond motifs is 1. The van der Waals surface area contributed by atoms with Gasteiger partial charge in [0.15, 0.2) is 0 Å². The lowest BCUT2D eigenvalue weighted by molar-refractivity contribution is -0.134. The molecule has 0 saturated heterocycles. The van der Waals surface area contributed by atoms with Crippen LogP contribution in [0.3, 0.4) is 0 Å². The molecule has 0 spiro atoms. The highest BCUT2D eigenvalue weighted by Gasteiger charge is 2.07.